The first kappa shape index (κ1) is 8.11. The summed E-state index contributed by atoms with van der Waals surface area (Å²) in [6.07, 6.45) is 2.13. The Balaban J connectivity index is 2.28. The molecule has 3 nitrogen and oxygen atoms in total. The minimum absolute atomic E-state index is 0.0991. The summed E-state index contributed by atoms with van der Waals surface area (Å²) in [5.74, 6) is 0. The summed E-state index contributed by atoms with van der Waals surface area (Å²) in [4.78, 5) is 10.1. The first-order valence-corrected chi connectivity index (χ1v) is 3.74. The number of allylic oxidation sites excluding steroid dienone is 1. The van der Waals surface area contributed by atoms with Crippen molar-refractivity contribution in [1.29, 1.82) is 0 Å². The van der Waals surface area contributed by atoms with Crippen LogP contribution < -0.4 is 0 Å². The summed E-state index contributed by atoms with van der Waals surface area (Å²) in [5.41, 5.74) is 1.20. The van der Waals surface area contributed by atoms with E-state index in [1.807, 2.05) is 0 Å². The molecule has 0 radical (unpaired) electrons. The lowest BCUT2D eigenvalue weighted by Crippen LogP contribution is -2.20. The fourth-order valence-electron chi connectivity index (χ4n) is 1.26. The number of carbonyl (C=O) groups is 1. The number of carboxylic acid groups (broad SMARTS) is 1. The quantitative estimate of drug-likeness (QED) is 0.467. The first-order valence-electron chi connectivity index (χ1n) is 3.74. The molecule has 0 aromatic rings. The summed E-state index contributed by atoms with van der Waals surface area (Å²) < 4.78 is 4.62. The Labute approximate surface area is 65.7 Å². The molecule has 62 valence electrons. The largest absolute Gasteiger partial charge is 0.506 e. The third-order valence-corrected chi connectivity index (χ3v) is 1.91. The highest BCUT2D eigenvalue weighted by molar-refractivity contribution is 5.57. The molecule has 0 unspecified atom stereocenters. The van der Waals surface area contributed by atoms with Crippen LogP contribution in [-0.2, 0) is 4.74 Å². The molecule has 0 atom stereocenters. The fourth-order valence-corrected chi connectivity index (χ4v) is 1.26. The normalized spacial score (nSPS) is 19.8. The van der Waals surface area contributed by atoms with Gasteiger partial charge in [0.2, 0.25) is 0 Å². The lowest BCUT2D eigenvalue weighted by Gasteiger charge is -2.21. The van der Waals surface area contributed by atoms with Crippen molar-refractivity contribution in [2.75, 3.05) is 0 Å². The SMILES string of the molecule is C=C1CCC(OC(=O)O)CC1. The summed E-state index contributed by atoms with van der Waals surface area (Å²) in [5, 5.41) is 8.29. The van der Waals surface area contributed by atoms with Crippen LogP contribution in [0.25, 0.3) is 0 Å². The van der Waals surface area contributed by atoms with Gasteiger partial charge in [0.05, 0.1) is 0 Å². The maximum atomic E-state index is 10.1. The average molecular weight is 156 g/mol. The summed E-state index contributed by atoms with van der Waals surface area (Å²) in [7, 11) is 0. The van der Waals surface area contributed by atoms with Gasteiger partial charge >= 0.3 is 6.16 Å². The highest BCUT2D eigenvalue weighted by Gasteiger charge is 2.18. The van der Waals surface area contributed by atoms with Gasteiger partial charge in [-0.15, -0.1) is 0 Å². The molecular weight excluding hydrogens is 144 g/mol. The Morgan fingerprint density at radius 1 is 1.55 bits per heavy atom. The molecule has 1 rings (SSSR count). The minimum atomic E-state index is -1.16. The third kappa shape index (κ3) is 2.62. The molecule has 3 heteroatoms. The van der Waals surface area contributed by atoms with Gasteiger partial charge in [-0.05, 0) is 25.7 Å². The van der Waals surface area contributed by atoms with E-state index in [4.69, 9.17) is 5.11 Å². The van der Waals surface area contributed by atoms with E-state index in [-0.39, 0.29) is 6.10 Å². The molecule has 1 fully saturated rings. The average Bonchev–Trinajstić information content (AvgIpc) is 1.93. The van der Waals surface area contributed by atoms with E-state index in [9.17, 15) is 4.79 Å². The smallest absolute Gasteiger partial charge is 0.450 e. The van der Waals surface area contributed by atoms with Crippen LogP contribution in [0.1, 0.15) is 25.7 Å². The third-order valence-electron chi connectivity index (χ3n) is 1.91. The monoisotopic (exact) mass is 156 g/mol. The molecule has 0 heterocycles. The molecule has 1 N–H and O–H groups in total. The predicted octanol–water partition coefficient (Wildman–Crippen LogP) is 2.18. The van der Waals surface area contributed by atoms with Gasteiger partial charge in [0.15, 0.2) is 0 Å². The number of hydrogen-bond acceptors (Lipinski definition) is 2. The summed E-state index contributed by atoms with van der Waals surface area (Å²) >= 11 is 0. The van der Waals surface area contributed by atoms with Crippen molar-refractivity contribution in [3.8, 4) is 0 Å². The Morgan fingerprint density at radius 3 is 2.55 bits per heavy atom. The van der Waals surface area contributed by atoms with Crippen molar-refractivity contribution in [1.82, 2.24) is 0 Å². The van der Waals surface area contributed by atoms with Crippen LogP contribution in [0, 0.1) is 0 Å². The molecular formula is C8H12O3. The van der Waals surface area contributed by atoms with Gasteiger partial charge in [-0.1, -0.05) is 12.2 Å². The highest BCUT2D eigenvalue weighted by atomic mass is 16.7. The molecule has 0 amide bonds. The Bertz CT molecular complexity index is 164. The lowest BCUT2D eigenvalue weighted by atomic mass is 9.94. The van der Waals surface area contributed by atoms with Gasteiger partial charge in [0, 0.05) is 0 Å². The highest BCUT2D eigenvalue weighted by Crippen LogP contribution is 2.23. The molecule has 1 aliphatic carbocycles. The van der Waals surface area contributed by atoms with Crippen LogP contribution in [0.3, 0.4) is 0 Å². The van der Waals surface area contributed by atoms with Crippen LogP contribution in [0.15, 0.2) is 12.2 Å². The standard InChI is InChI=1S/C8H12O3/c1-6-2-4-7(5-3-6)11-8(9)10/h7H,1-5H2,(H,9,10). The van der Waals surface area contributed by atoms with Gasteiger partial charge in [-0.2, -0.15) is 0 Å². The van der Waals surface area contributed by atoms with Crippen molar-refractivity contribution in [3.05, 3.63) is 12.2 Å². The number of ether oxygens (including phenoxy) is 1. The van der Waals surface area contributed by atoms with E-state index in [0.29, 0.717) is 0 Å². The zero-order valence-corrected chi connectivity index (χ0v) is 6.38. The molecule has 1 aliphatic rings. The zero-order valence-electron chi connectivity index (χ0n) is 6.38. The van der Waals surface area contributed by atoms with Crippen molar-refractivity contribution in [2.45, 2.75) is 31.8 Å². The van der Waals surface area contributed by atoms with Crippen molar-refractivity contribution in [3.63, 3.8) is 0 Å². The number of rotatable bonds is 1. The van der Waals surface area contributed by atoms with Crippen molar-refractivity contribution in [2.24, 2.45) is 0 Å². The fraction of sp³-hybridized carbons (Fsp3) is 0.625. The maximum absolute atomic E-state index is 10.1. The van der Waals surface area contributed by atoms with E-state index < -0.39 is 6.16 Å². The molecule has 11 heavy (non-hydrogen) atoms. The van der Waals surface area contributed by atoms with Gasteiger partial charge in [0.1, 0.15) is 6.10 Å². The predicted molar refractivity (Wildman–Crippen MR) is 40.5 cm³/mol. The van der Waals surface area contributed by atoms with E-state index in [2.05, 4.69) is 11.3 Å². The van der Waals surface area contributed by atoms with Gasteiger partial charge in [-0.3, -0.25) is 0 Å². The van der Waals surface area contributed by atoms with Crippen LogP contribution in [-0.4, -0.2) is 17.4 Å². The van der Waals surface area contributed by atoms with Crippen LogP contribution in [0.5, 0.6) is 0 Å². The Hall–Kier alpha value is -0.990. The molecule has 0 bridgehead atoms. The molecule has 0 aromatic heterocycles. The van der Waals surface area contributed by atoms with Crippen LogP contribution in [0.4, 0.5) is 4.79 Å². The number of hydrogen-bond donors (Lipinski definition) is 1. The maximum Gasteiger partial charge on any atom is 0.506 e. The first-order chi connectivity index (χ1) is 5.18. The van der Waals surface area contributed by atoms with Crippen molar-refractivity contribution >= 4 is 6.16 Å². The van der Waals surface area contributed by atoms with Gasteiger partial charge in [0.25, 0.3) is 0 Å². The molecule has 1 saturated carbocycles. The van der Waals surface area contributed by atoms with E-state index in [0.717, 1.165) is 25.7 Å². The Morgan fingerprint density at radius 2 is 2.09 bits per heavy atom. The second-order valence-electron chi connectivity index (χ2n) is 2.83. The van der Waals surface area contributed by atoms with Crippen molar-refractivity contribution < 1.29 is 14.6 Å². The van der Waals surface area contributed by atoms with Gasteiger partial charge in [-0.25, -0.2) is 4.79 Å². The molecule has 0 saturated heterocycles. The van der Waals surface area contributed by atoms with Gasteiger partial charge < -0.3 is 9.84 Å². The van der Waals surface area contributed by atoms with E-state index >= 15 is 0 Å². The van der Waals surface area contributed by atoms with E-state index in [1.54, 1.807) is 0 Å². The minimum Gasteiger partial charge on any atom is -0.450 e. The zero-order chi connectivity index (χ0) is 8.27. The second-order valence-corrected chi connectivity index (χ2v) is 2.83. The lowest BCUT2D eigenvalue weighted by molar-refractivity contribution is 0.0406. The Kier molecular flexibility index (Phi) is 2.52. The molecule has 0 aliphatic heterocycles. The second kappa shape index (κ2) is 3.42. The molecule has 0 spiro atoms. The van der Waals surface area contributed by atoms with Crippen LogP contribution >= 0.6 is 0 Å². The van der Waals surface area contributed by atoms with Crippen LogP contribution in [0.2, 0.25) is 0 Å². The summed E-state index contributed by atoms with van der Waals surface area (Å²) in [6, 6.07) is 0. The molecule has 0 aromatic carbocycles. The topological polar surface area (TPSA) is 46.5 Å². The summed E-state index contributed by atoms with van der Waals surface area (Å²) in [6.45, 7) is 3.82. The van der Waals surface area contributed by atoms with E-state index in [1.165, 1.54) is 5.57 Å².